The van der Waals surface area contributed by atoms with E-state index in [4.69, 9.17) is 16.6 Å². The number of rotatable bonds is 8. The first-order chi connectivity index (χ1) is 19.2. The van der Waals surface area contributed by atoms with Crippen LogP contribution in [0.25, 0.3) is 11.3 Å². The van der Waals surface area contributed by atoms with Crippen LogP contribution in [0.5, 0.6) is 5.75 Å². The van der Waals surface area contributed by atoms with E-state index >= 15 is 0 Å². The highest BCUT2D eigenvalue weighted by atomic mass is 35.5. The third-order valence-electron chi connectivity index (χ3n) is 6.40. The zero-order valence-corrected chi connectivity index (χ0v) is 22.9. The minimum absolute atomic E-state index is 0.00399. The van der Waals surface area contributed by atoms with Gasteiger partial charge in [0.25, 0.3) is 5.91 Å². The summed E-state index contributed by atoms with van der Waals surface area (Å²) in [6.45, 7) is 3.59. The number of hydrogen-bond donors (Lipinski definition) is 1. The molecule has 0 atom stereocenters. The van der Waals surface area contributed by atoms with E-state index < -0.39 is 6.36 Å². The summed E-state index contributed by atoms with van der Waals surface area (Å²) in [5.41, 5.74) is 3.67. The van der Waals surface area contributed by atoms with Gasteiger partial charge in [-0.05, 0) is 41.5 Å². The summed E-state index contributed by atoms with van der Waals surface area (Å²) in [5.74, 6) is -0.285. The molecule has 1 fully saturated rings. The number of nitrogens with zero attached hydrogens (tertiary/aromatic N) is 3. The van der Waals surface area contributed by atoms with Gasteiger partial charge in [0.15, 0.2) is 5.13 Å². The van der Waals surface area contributed by atoms with Gasteiger partial charge >= 0.3 is 6.36 Å². The molecule has 0 spiro atoms. The Kier molecular flexibility index (Phi) is 8.58. The largest absolute Gasteiger partial charge is 0.573 e. The highest BCUT2D eigenvalue weighted by Crippen LogP contribution is 2.33. The Morgan fingerprint density at radius 2 is 1.73 bits per heavy atom. The third-order valence-corrected chi connectivity index (χ3v) is 7.63. The number of anilines is 1. The third kappa shape index (κ3) is 7.12. The molecule has 6 nitrogen and oxygen atoms in total. The van der Waals surface area contributed by atoms with E-state index in [1.54, 1.807) is 12.1 Å². The van der Waals surface area contributed by atoms with Gasteiger partial charge in [-0.3, -0.25) is 4.79 Å². The standard InChI is InChI=1S/C29H26ClF3N4O2S/c30-25-7-2-1-6-24(25)26-19-40-28(35-26)37(18-21-4-3-5-23(16-21)39-29(31,32)33)17-20-8-10-22(11-9-20)27(38)36-14-12-34-13-15-36/h1-11,16,19,34H,12-15,17-18H2. The summed E-state index contributed by atoms with van der Waals surface area (Å²) in [6, 6.07) is 20.7. The molecule has 1 aromatic heterocycles. The van der Waals surface area contributed by atoms with Crippen LogP contribution < -0.4 is 15.0 Å². The Morgan fingerprint density at radius 3 is 2.45 bits per heavy atom. The molecule has 0 bridgehead atoms. The van der Waals surface area contributed by atoms with Gasteiger partial charge in [0.2, 0.25) is 0 Å². The van der Waals surface area contributed by atoms with Crippen LogP contribution in [0.2, 0.25) is 5.02 Å². The lowest BCUT2D eigenvalue weighted by atomic mass is 10.1. The van der Waals surface area contributed by atoms with Crippen LogP contribution >= 0.6 is 22.9 Å². The normalized spacial score (nSPS) is 13.8. The smallest absolute Gasteiger partial charge is 0.406 e. The first kappa shape index (κ1) is 27.9. The molecule has 3 aromatic carbocycles. The quantitative estimate of drug-likeness (QED) is 0.252. The number of aromatic nitrogens is 1. The maximum atomic E-state index is 12.9. The average molecular weight is 587 g/mol. The summed E-state index contributed by atoms with van der Waals surface area (Å²) in [6.07, 6.45) is -4.78. The molecule has 2 heterocycles. The van der Waals surface area contributed by atoms with Gasteiger partial charge in [0, 0.05) is 60.8 Å². The molecule has 11 heteroatoms. The topological polar surface area (TPSA) is 57.7 Å². The minimum atomic E-state index is -4.78. The lowest BCUT2D eigenvalue weighted by Crippen LogP contribution is -2.46. The number of halogens is 4. The van der Waals surface area contributed by atoms with E-state index in [9.17, 15) is 18.0 Å². The second-order valence-corrected chi connectivity index (χ2v) is 10.5. The summed E-state index contributed by atoms with van der Waals surface area (Å²) in [7, 11) is 0. The Labute approximate surface area is 239 Å². The number of amides is 1. The van der Waals surface area contributed by atoms with E-state index in [1.165, 1.54) is 29.5 Å². The number of alkyl halides is 3. The first-order valence-electron chi connectivity index (χ1n) is 12.6. The van der Waals surface area contributed by atoms with Crippen LogP contribution in [0.4, 0.5) is 18.3 Å². The summed E-state index contributed by atoms with van der Waals surface area (Å²) in [4.78, 5) is 21.5. The fourth-order valence-corrected chi connectivity index (χ4v) is 5.54. The molecular weight excluding hydrogens is 561 g/mol. The van der Waals surface area contributed by atoms with E-state index in [2.05, 4.69) is 10.1 Å². The van der Waals surface area contributed by atoms with E-state index in [0.717, 1.165) is 24.2 Å². The molecule has 1 aliphatic rings. The average Bonchev–Trinajstić information content (AvgIpc) is 3.43. The lowest BCUT2D eigenvalue weighted by molar-refractivity contribution is -0.274. The van der Waals surface area contributed by atoms with Gasteiger partial charge in [0.1, 0.15) is 5.75 Å². The molecule has 1 aliphatic heterocycles. The van der Waals surface area contributed by atoms with Crippen molar-refractivity contribution in [1.82, 2.24) is 15.2 Å². The van der Waals surface area contributed by atoms with Crippen molar-refractivity contribution >= 4 is 34.0 Å². The Bertz CT molecular complexity index is 1460. The number of carbonyl (C=O) groups excluding carboxylic acids is 1. The Morgan fingerprint density at radius 1 is 1.00 bits per heavy atom. The summed E-state index contributed by atoms with van der Waals surface area (Å²) < 4.78 is 42.6. The zero-order valence-electron chi connectivity index (χ0n) is 21.3. The molecule has 4 aromatic rings. The van der Waals surface area contributed by atoms with Crippen molar-refractivity contribution in [2.45, 2.75) is 19.5 Å². The molecule has 0 aliphatic carbocycles. The number of nitrogens with one attached hydrogen (secondary N) is 1. The molecule has 208 valence electrons. The van der Waals surface area contributed by atoms with Gasteiger partial charge in [-0.2, -0.15) is 0 Å². The monoisotopic (exact) mass is 586 g/mol. The molecule has 40 heavy (non-hydrogen) atoms. The highest BCUT2D eigenvalue weighted by molar-refractivity contribution is 7.14. The summed E-state index contributed by atoms with van der Waals surface area (Å²) in [5, 5.41) is 6.40. The van der Waals surface area contributed by atoms with Crippen LogP contribution in [0.15, 0.2) is 78.2 Å². The van der Waals surface area contributed by atoms with E-state index in [-0.39, 0.29) is 18.2 Å². The molecule has 0 unspecified atom stereocenters. The van der Waals surface area contributed by atoms with Gasteiger partial charge in [-0.25, -0.2) is 4.98 Å². The van der Waals surface area contributed by atoms with Gasteiger partial charge in [0.05, 0.1) is 5.69 Å². The van der Waals surface area contributed by atoms with E-state index in [0.29, 0.717) is 46.6 Å². The molecule has 1 amide bonds. The molecular formula is C29H26ClF3N4O2S. The van der Waals surface area contributed by atoms with Crippen LogP contribution in [-0.2, 0) is 13.1 Å². The minimum Gasteiger partial charge on any atom is -0.406 e. The van der Waals surface area contributed by atoms with Crippen molar-refractivity contribution in [3.63, 3.8) is 0 Å². The fourth-order valence-electron chi connectivity index (χ4n) is 4.48. The maximum Gasteiger partial charge on any atom is 0.573 e. The van der Waals surface area contributed by atoms with Crippen LogP contribution in [0.1, 0.15) is 21.5 Å². The molecule has 1 saturated heterocycles. The van der Waals surface area contributed by atoms with Crippen LogP contribution in [0.3, 0.4) is 0 Å². The zero-order chi connectivity index (χ0) is 28.1. The van der Waals surface area contributed by atoms with Crippen molar-refractivity contribution < 1.29 is 22.7 Å². The van der Waals surface area contributed by atoms with Crippen molar-refractivity contribution in [2.75, 3.05) is 31.1 Å². The van der Waals surface area contributed by atoms with Crippen molar-refractivity contribution in [3.05, 3.63) is 99.9 Å². The molecule has 0 radical (unpaired) electrons. The highest BCUT2D eigenvalue weighted by Gasteiger charge is 2.31. The number of hydrogen-bond acceptors (Lipinski definition) is 6. The molecule has 5 rings (SSSR count). The molecule has 1 N–H and O–H groups in total. The maximum absolute atomic E-state index is 12.9. The number of carbonyl (C=O) groups is 1. The molecule has 0 saturated carbocycles. The fraction of sp³-hybridized carbons (Fsp3) is 0.241. The van der Waals surface area contributed by atoms with Gasteiger partial charge in [-0.1, -0.05) is 54.1 Å². The lowest BCUT2D eigenvalue weighted by Gasteiger charge is -2.27. The predicted molar refractivity (Wildman–Crippen MR) is 151 cm³/mol. The van der Waals surface area contributed by atoms with Crippen molar-refractivity contribution in [2.24, 2.45) is 0 Å². The Balaban J connectivity index is 1.40. The van der Waals surface area contributed by atoms with Gasteiger partial charge in [-0.15, -0.1) is 24.5 Å². The first-order valence-corrected chi connectivity index (χ1v) is 13.9. The SMILES string of the molecule is O=C(c1ccc(CN(Cc2cccc(OC(F)(F)F)c2)c2nc(-c3ccccc3Cl)cs2)cc1)N1CCNCC1. The van der Waals surface area contributed by atoms with Crippen LogP contribution in [0, 0.1) is 0 Å². The number of thiazole rings is 1. The van der Waals surface area contributed by atoms with Crippen molar-refractivity contribution in [1.29, 1.82) is 0 Å². The number of benzene rings is 3. The van der Waals surface area contributed by atoms with Gasteiger partial charge < -0.3 is 19.9 Å². The number of ether oxygens (including phenoxy) is 1. The van der Waals surface area contributed by atoms with Crippen molar-refractivity contribution in [3.8, 4) is 17.0 Å². The second kappa shape index (κ2) is 12.3. The number of piperazine rings is 1. The van der Waals surface area contributed by atoms with E-state index in [1.807, 2.05) is 57.6 Å². The second-order valence-electron chi connectivity index (χ2n) is 9.29. The van der Waals surface area contributed by atoms with Crippen LogP contribution in [-0.4, -0.2) is 48.3 Å². The Hall–Kier alpha value is -3.60. The summed E-state index contributed by atoms with van der Waals surface area (Å²) >= 11 is 7.80. The predicted octanol–water partition coefficient (Wildman–Crippen LogP) is 6.61.